The van der Waals surface area contributed by atoms with Crippen LogP contribution in [0.25, 0.3) is 0 Å². The van der Waals surface area contributed by atoms with Crippen LogP contribution in [0.3, 0.4) is 0 Å². The van der Waals surface area contributed by atoms with Crippen LogP contribution in [0.4, 0.5) is 8.78 Å². The number of methoxy groups -OCH3 is 1. The van der Waals surface area contributed by atoms with Crippen molar-refractivity contribution in [2.45, 2.75) is 12.7 Å². The molecule has 0 saturated heterocycles. The van der Waals surface area contributed by atoms with E-state index >= 15 is 0 Å². The number of hydrogen-bond donors (Lipinski definition) is 2. The van der Waals surface area contributed by atoms with Gasteiger partial charge in [-0.25, -0.2) is 4.79 Å². The van der Waals surface area contributed by atoms with Gasteiger partial charge in [-0.3, -0.25) is 4.79 Å². The Bertz CT molecular complexity index is 463. The first-order valence-electron chi connectivity index (χ1n) is 5.52. The minimum Gasteiger partial charge on any atom is -0.479 e. The summed E-state index contributed by atoms with van der Waals surface area (Å²) in [6.45, 7) is -3.15. The maximum atomic E-state index is 11.9. The van der Waals surface area contributed by atoms with Crippen molar-refractivity contribution in [2.75, 3.05) is 13.7 Å². The lowest BCUT2D eigenvalue weighted by atomic mass is 10.2. The molecule has 0 aliphatic carbocycles. The molecule has 1 amide bonds. The summed E-state index contributed by atoms with van der Waals surface area (Å²) in [4.78, 5) is 22.3. The number of benzene rings is 1. The standard InChI is InChI=1S/C12H13F2NO5/c1-19-9(11(17)18)6-15-10(16)7-2-4-8(5-3-7)20-12(13)14/h2-5,9,12H,6H2,1H3,(H,15,16)(H,17,18). The van der Waals surface area contributed by atoms with Gasteiger partial charge in [-0.2, -0.15) is 8.78 Å². The fourth-order valence-corrected chi connectivity index (χ4v) is 1.35. The maximum Gasteiger partial charge on any atom is 0.387 e. The summed E-state index contributed by atoms with van der Waals surface area (Å²) >= 11 is 0. The Morgan fingerprint density at radius 2 is 1.90 bits per heavy atom. The molecular formula is C12H13F2NO5. The lowest BCUT2D eigenvalue weighted by molar-refractivity contribution is -0.148. The Morgan fingerprint density at radius 1 is 1.30 bits per heavy atom. The number of alkyl halides is 2. The topological polar surface area (TPSA) is 84.9 Å². The minimum atomic E-state index is -2.94. The molecule has 1 unspecified atom stereocenters. The number of halogens is 2. The van der Waals surface area contributed by atoms with Gasteiger partial charge >= 0.3 is 12.6 Å². The van der Waals surface area contributed by atoms with Gasteiger partial charge in [-0.1, -0.05) is 0 Å². The van der Waals surface area contributed by atoms with Crippen LogP contribution >= 0.6 is 0 Å². The average molecular weight is 289 g/mol. The highest BCUT2D eigenvalue weighted by Gasteiger charge is 2.17. The maximum absolute atomic E-state index is 11.9. The third kappa shape index (κ3) is 4.81. The molecule has 1 rings (SSSR count). The van der Waals surface area contributed by atoms with E-state index in [2.05, 4.69) is 14.8 Å². The van der Waals surface area contributed by atoms with E-state index in [9.17, 15) is 18.4 Å². The number of hydrogen-bond acceptors (Lipinski definition) is 4. The normalized spacial score (nSPS) is 12.0. The summed E-state index contributed by atoms with van der Waals surface area (Å²) < 4.78 is 32.6. The SMILES string of the molecule is COC(CNC(=O)c1ccc(OC(F)F)cc1)C(=O)O. The average Bonchev–Trinajstić information content (AvgIpc) is 2.39. The lowest BCUT2D eigenvalue weighted by Gasteiger charge is -2.11. The van der Waals surface area contributed by atoms with Crippen LogP contribution in [0.5, 0.6) is 5.75 Å². The van der Waals surface area contributed by atoms with Crippen molar-refractivity contribution in [2.24, 2.45) is 0 Å². The summed E-state index contributed by atoms with van der Waals surface area (Å²) in [5, 5.41) is 11.1. The van der Waals surface area contributed by atoms with E-state index in [0.29, 0.717) is 0 Å². The summed E-state index contributed by atoms with van der Waals surface area (Å²) in [7, 11) is 1.21. The van der Waals surface area contributed by atoms with Crippen molar-refractivity contribution >= 4 is 11.9 Å². The molecule has 0 spiro atoms. The molecule has 1 aromatic rings. The van der Waals surface area contributed by atoms with Crippen LogP contribution < -0.4 is 10.1 Å². The van der Waals surface area contributed by atoms with Gasteiger partial charge in [0.2, 0.25) is 0 Å². The quantitative estimate of drug-likeness (QED) is 0.785. The molecule has 0 aromatic heterocycles. The van der Waals surface area contributed by atoms with Crippen LogP contribution in [-0.2, 0) is 9.53 Å². The number of amides is 1. The number of carboxylic acid groups (broad SMARTS) is 1. The third-order valence-corrected chi connectivity index (χ3v) is 2.35. The van der Waals surface area contributed by atoms with Gasteiger partial charge < -0.3 is 19.9 Å². The number of rotatable bonds is 7. The van der Waals surface area contributed by atoms with E-state index < -0.39 is 24.6 Å². The molecule has 0 heterocycles. The Morgan fingerprint density at radius 3 is 2.35 bits per heavy atom. The van der Waals surface area contributed by atoms with Crippen LogP contribution in [0.1, 0.15) is 10.4 Å². The molecule has 0 saturated carbocycles. The summed E-state index contributed by atoms with van der Waals surface area (Å²) in [5.41, 5.74) is 0.187. The van der Waals surface area contributed by atoms with Gasteiger partial charge in [-0.15, -0.1) is 0 Å². The lowest BCUT2D eigenvalue weighted by Crippen LogP contribution is -2.37. The second kappa shape index (κ2) is 7.39. The summed E-state index contributed by atoms with van der Waals surface area (Å²) in [6, 6.07) is 5.00. The van der Waals surface area contributed by atoms with E-state index in [1.165, 1.54) is 31.4 Å². The first kappa shape index (κ1) is 15.8. The number of aliphatic carboxylic acids is 1. The fraction of sp³-hybridized carbons (Fsp3) is 0.333. The van der Waals surface area contributed by atoms with E-state index in [4.69, 9.17) is 5.11 Å². The zero-order chi connectivity index (χ0) is 15.1. The number of nitrogens with one attached hydrogen (secondary N) is 1. The molecule has 0 fully saturated rings. The fourth-order valence-electron chi connectivity index (χ4n) is 1.35. The molecule has 0 bridgehead atoms. The van der Waals surface area contributed by atoms with E-state index in [-0.39, 0.29) is 17.9 Å². The number of carboxylic acids is 1. The first-order chi connectivity index (χ1) is 9.43. The van der Waals surface area contributed by atoms with E-state index in [0.717, 1.165) is 0 Å². The zero-order valence-corrected chi connectivity index (χ0v) is 10.5. The molecular weight excluding hydrogens is 276 g/mol. The van der Waals surface area contributed by atoms with Gasteiger partial charge in [0.25, 0.3) is 5.91 Å². The number of ether oxygens (including phenoxy) is 2. The molecule has 0 aliphatic rings. The molecule has 6 nitrogen and oxygen atoms in total. The van der Waals surface area contributed by atoms with Crippen molar-refractivity contribution in [3.05, 3.63) is 29.8 Å². The largest absolute Gasteiger partial charge is 0.479 e. The van der Waals surface area contributed by atoms with Gasteiger partial charge in [0.1, 0.15) is 5.75 Å². The summed E-state index contributed by atoms with van der Waals surface area (Å²) in [6.07, 6.45) is -1.15. The molecule has 0 radical (unpaired) electrons. The molecule has 8 heteroatoms. The van der Waals surface area contributed by atoms with Crippen molar-refractivity contribution in [3.63, 3.8) is 0 Å². The van der Waals surface area contributed by atoms with Crippen molar-refractivity contribution in [1.29, 1.82) is 0 Å². The first-order valence-corrected chi connectivity index (χ1v) is 5.52. The van der Waals surface area contributed by atoms with Gasteiger partial charge in [0.15, 0.2) is 6.10 Å². The third-order valence-electron chi connectivity index (χ3n) is 2.35. The predicted molar refractivity (Wildman–Crippen MR) is 63.8 cm³/mol. The van der Waals surface area contributed by atoms with Crippen LogP contribution in [0, 0.1) is 0 Å². The zero-order valence-electron chi connectivity index (χ0n) is 10.5. The summed E-state index contributed by atoms with van der Waals surface area (Å²) in [5.74, 6) is -1.82. The molecule has 2 N–H and O–H groups in total. The number of carbonyl (C=O) groups is 2. The smallest absolute Gasteiger partial charge is 0.387 e. The molecule has 0 aliphatic heterocycles. The van der Waals surface area contributed by atoms with Gasteiger partial charge in [-0.05, 0) is 24.3 Å². The Hall–Kier alpha value is -2.22. The van der Waals surface area contributed by atoms with Crippen LogP contribution in [0.2, 0.25) is 0 Å². The Labute approximate surface area is 113 Å². The highest BCUT2D eigenvalue weighted by molar-refractivity contribution is 5.94. The predicted octanol–water partition coefficient (Wildman–Crippen LogP) is 1.12. The Balaban J connectivity index is 2.57. The van der Waals surface area contributed by atoms with E-state index in [1.807, 2.05) is 0 Å². The minimum absolute atomic E-state index is 0.0724. The Kier molecular flexibility index (Phi) is 5.85. The van der Waals surface area contributed by atoms with Crippen LogP contribution in [-0.4, -0.2) is 43.4 Å². The molecule has 20 heavy (non-hydrogen) atoms. The monoisotopic (exact) mass is 289 g/mol. The number of carbonyl (C=O) groups excluding carboxylic acids is 1. The van der Waals surface area contributed by atoms with Crippen molar-refractivity contribution in [1.82, 2.24) is 5.32 Å². The van der Waals surface area contributed by atoms with Crippen molar-refractivity contribution < 1.29 is 33.0 Å². The van der Waals surface area contributed by atoms with Crippen molar-refractivity contribution in [3.8, 4) is 5.75 Å². The highest BCUT2D eigenvalue weighted by atomic mass is 19.3. The van der Waals surface area contributed by atoms with Crippen LogP contribution in [0.15, 0.2) is 24.3 Å². The van der Waals surface area contributed by atoms with E-state index in [1.54, 1.807) is 0 Å². The molecule has 1 atom stereocenters. The molecule has 110 valence electrons. The second-order valence-electron chi connectivity index (χ2n) is 3.68. The molecule has 1 aromatic carbocycles. The van der Waals surface area contributed by atoms with Gasteiger partial charge in [0, 0.05) is 12.7 Å². The van der Waals surface area contributed by atoms with Gasteiger partial charge in [0.05, 0.1) is 6.54 Å². The second-order valence-corrected chi connectivity index (χ2v) is 3.68. The highest BCUT2D eigenvalue weighted by Crippen LogP contribution is 2.14.